The Bertz CT molecular complexity index is 1680. The zero-order valence-corrected chi connectivity index (χ0v) is 21.8. The third kappa shape index (κ3) is 3.32. The van der Waals surface area contributed by atoms with Crippen molar-refractivity contribution >= 4 is 32.8 Å². The van der Waals surface area contributed by atoms with E-state index < -0.39 is 15.6 Å². The molecule has 190 valence electrons. The van der Waals surface area contributed by atoms with Gasteiger partial charge in [-0.1, -0.05) is 6.07 Å². The molecule has 2 aliphatic heterocycles. The van der Waals surface area contributed by atoms with Gasteiger partial charge in [-0.25, -0.2) is 33.3 Å². The number of hydrogen-bond acceptors (Lipinski definition) is 8. The first-order valence-electron chi connectivity index (χ1n) is 12.1. The lowest BCUT2D eigenvalue weighted by Gasteiger charge is -2.32. The quantitative estimate of drug-likeness (QED) is 0.403. The molecule has 1 atom stereocenters. The number of nitrogens with zero attached hydrogens (tertiary/aromatic N) is 8. The zero-order chi connectivity index (χ0) is 26.1. The van der Waals surface area contributed by atoms with Gasteiger partial charge in [-0.05, 0) is 38.8 Å². The monoisotopic (exact) mass is 518 g/mol. The number of anilines is 1. The molecule has 0 unspecified atom stereocenters. The second-order valence-corrected chi connectivity index (χ2v) is 11.4. The summed E-state index contributed by atoms with van der Waals surface area (Å²) >= 11 is 0. The highest BCUT2D eigenvalue weighted by molar-refractivity contribution is 7.88. The van der Waals surface area contributed by atoms with E-state index in [-0.39, 0.29) is 5.91 Å². The number of carbonyl (C=O) groups excluding carboxylic acids is 1. The number of imidazole rings is 1. The van der Waals surface area contributed by atoms with Gasteiger partial charge in [0.15, 0.2) is 5.65 Å². The van der Waals surface area contributed by atoms with Crippen LogP contribution in [0.4, 0.5) is 5.69 Å². The van der Waals surface area contributed by atoms with Crippen molar-refractivity contribution in [3.63, 3.8) is 0 Å². The van der Waals surface area contributed by atoms with Crippen LogP contribution in [0.5, 0.6) is 0 Å². The summed E-state index contributed by atoms with van der Waals surface area (Å²) in [6, 6.07) is 5.64. The summed E-state index contributed by atoms with van der Waals surface area (Å²) in [6.45, 7) is 4.78. The standard InChI is InChI=1S/C25H26N8O3S/c1-5-32-22(17-12-26-15(2)27-13-17)30-21-20(28-14-29-23(21)32)16-7-8-19-18(11-16)25(24(34)31(19)3)9-6-10-33(25)37(4,35)36/h7-8,11-14H,5-6,9-10H2,1-4H3/t25-/m1/s1. The molecule has 0 bridgehead atoms. The molecule has 3 aromatic heterocycles. The summed E-state index contributed by atoms with van der Waals surface area (Å²) in [5, 5.41) is 0. The maximum atomic E-state index is 13.5. The first-order valence-corrected chi connectivity index (χ1v) is 13.9. The molecular formula is C25H26N8O3S. The van der Waals surface area contributed by atoms with Crippen LogP contribution in [0.15, 0.2) is 36.9 Å². The Hall–Kier alpha value is -3.77. The Morgan fingerprint density at radius 1 is 1.08 bits per heavy atom. The molecule has 2 aliphatic rings. The topological polar surface area (TPSA) is 127 Å². The van der Waals surface area contributed by atoms with Crippen molar-refractivity contribution in [2.24, 2.45) is 0 Å². The molecule has 0 radical (unpaired) electrons. The normalized spacial score (nSPS) is 19.9. The number of carbonyl (C=O) groups is 1. The summed E-state index contributed by atoms with van der Waals surface area (Å²) in [4.78, 5) is 37.7. The molecule has 1 amide bonds. The van der Waals surface area contributed by atoms with Gasteiger partial charge in [0.05, 0.1) is 11.8 Å². The summed E-state index contributed by atoms with van der Waals surface area (Å²) in [5.41, 5.74) is 3.53. The minimum atomic E-state index is -3.61. The fourth-order valence-electron chi connectivity index (χ4n) is 5.71. The van der Waals surface area contributed by atoms with Crippen LogP contribution in [0.25, 0.3) is 33.8 Å². The molecule has 37 heavy (non-hydrogen) atoms. The predicted molar refractivity (Wildman–Crippen MR) is 138 cm³/mol. The van der Waals surface area contributed by atoms with Crippen molar-refractivity contribution in [2.75, 3.05) is 24.7 Å². The Morgan fingerprint density at radius 2 is 1.84 bits per heavy atom. The highest BCUT2D eigenvalue weighted by atomic mass is 32.2. The molecule has 5 heterocycles. The third-order valence-corrected chi connectivity index (χ3v) is 8.64. The highest BCUT2D eigenvalue weighted by Crippen LogP contribution is 2.51. The van der Waals surface area contributed by atoms with E-state index in [1.807, 2.05) is 36.6 Å². The van der Waals surface area contributed by atoms with Crippen LogP contribution < -0.4 is 4.90 Å². The predicted octanol–water partition coefficient (Wildman–Crippen LogP) is 2.51. The van der Waals surface area contributed by atoms with Crippen LogP contribution in [0.2, 0.25) is 0 Å². The van der Waals surface area contributed by atoms with E-state index in [1.54, 1.807) is 24.3 Å². The average Bonchev–Trinajstić information content (AvgIpc) is 3.55. The maximum absolute atomic E-state index is 13.5. The van der Waals surface area contributed by atoms with Gasteiger partial charge < -0.3 is 9.47 Å². The number of sulfonamides is 1. The first-order chi connectivity index (χ1) is 17.7. The molecule has 4 aromatic rings. The Kier molecular flexibility index (Phi) is 5.18. The molecular weight excluding hydrogens is 492 g/mol. The molecule has 1 fully saturated rings. The Balaban J connectivity index is 1.56. The molecule has 6 rings (SSSR count). The number of amides is 1. The van der Waals surface area contributed by atoms with E-state index in [1.165, 1.54) is 10.6 Å². The van der Waals surface area contributed by atoms with Crippen LogP contribution in [-0.2, 0) is 26.9 Å². The van der Waals surface area contributed by atoms with Crippen molar-refractivity contribution in [2.45, 2.75) is 38.8 Å². The van der Waals surface area contributed by atoms with E-state index in [2.05, 4.69) is 19.9 Å². The minimum absolute atomic E-state index is 0.229. The molecule has 1 spiro atoms. The lowest BCUT2D eigenvalue weighted by atomic mass is 9.88. The van der Waals surface area contributed by atoms with Gasteiger partial charge in [-0.15, -0.1) is 0 Å². The molecule has 11 nitrogen and oxygen atoms in total. The molecule has 0 saturated carbocycles. The largest absolute Gasteiger partial charge is 0.313 e. The van der Waals surface area contributed by atoms with Crippen LogP contribution in [-0.4, -0.2) is 68.0 Å². The minimum Gasteiger partial charge on any atom is -0.313 e. The lowest BCUT2D eigenvalue weighted by Crippen LogP contribution is -2.50. The number of likely N-dealkylation sites (N-methyl/N-ethyl adjacent to an activating group) is 1. The fraction of sp³-hybridized carbons (Fsp3) is 0.360. The second-order valence-electron chi connectivity index (χ2n) is 9.49. The van der Waals surface area contributed by atoms with Gasteiger partial charge in [0.2, 0.25) is 10.0 Å². The van der Waals surface area contributed by atoms with Crippen LogP contribution in [0, 0.1) is 6.92 Å². The number of aromatic nitrogens is 6. The van der Waals surface area contributed by atoms with Crippen molar-refractivity contribution in [3.05, 3.63) is 48.3 Å². The van der Waals surface area contributed by atoms with E-state index in [9.17, 15) is 13.2 Å². The lowest BCUT2D eigenvalue weighted by molar-refractivity contribution is -0.125. The number of benzene rings is 1. The first kappa shape index (κ1) is 23.6. The molecule has 0 N–H and O–H groups in total. The van der Waals surface area contributed by atoms with Crippen molar-refractivity contribution in [1.82, 2.24) is 33.8 Å². The summed E-state index contributed by atoms with van der Waals surface area (Å²) in [6.07, 6.45) is 7.18. The van der Waals surface area contributed by atoms with Crippen molar-refractivity contribution in [3.8, 4) is 22.6 Å². The smallest absolute Gasteiger partial charge is 0.252 e. The fourth-order valence-corrected chi connectivity index (χ4v) is 7.01. The van der Waals surface area contributed by atoms with Gasteiger partial charge in [0, 0.05) is 49.3 Å². The Morgan fingerprint density at radius 3 is 2.54 bits per heavy atom. The summed E-state index contributed by atoms with van der Waals surface area (Å²) in [7, 11) is -1.92. The molecule has 0 aliphatic carbocycles. The molecule has 1 saturated heterocycles. The van der Waals surface area contributed by atoms with Gasteiger partial charge in [0.1, 0.15) is 34.7 Å². The van der Waals surface area contributed by atoms with Gasteiger partial charge in [-0.2, -0.15) is 4.31 Å². The number of rotatable bonds is 4. The summed E-state index contributed by atoms with van der Waals surface area (Å²) < 4.78 is 28.8. The number of hydrogen-bond donors (Lipinski definition) is 0. The van der Waals surface area contributed by atoms with E-state index in [4.69, 9.17) is 4.98 Å². The number of aryl methyl sites for hydroxylation is 2. The number of fused-ring (bicyclic) bond motifs is 3. The molecule has 12 heteroatoms. The SMILES string of the molecule is CCn1c(-c2cnc(C)nc2)nc2c(-c3ccc4c(c3)[C@]3(CCCN3S(C)(=O)=O)C(=O)N4C)ncnc21. The van der Waals surface area contributed by atoms with Crippen molar-refractivity contribution in [1.29, 1.82) is 0 Å². The second kappa shape index (κ2) is 8.12. The van der Waals surface area contributed by atoms with E-state index >= 15 is 0 Å². The zero-order valence-electron chi connectivity index (χ0n) is 21.0. The average molecular weight is 519 g/mol. The van der Waals surface area contributed by atoms with Gasteiger partial charge in [0.25, 0.3) is 5.91 Å². The van der Waals surface area contributed by atoms with Crippen LogP contribution in [0.1, 0.15) is 31.2 Å². The van der Waals surface area contributed by atoms with Crippen LogP contribution in [0.3, 0.4) is 0 Å². The third-order valence-electron chi connectivity index (χ3n) is 7.35. The van der Waals surface area contributed by atoms with Crippen molar-refractivity contribution < 1.29 is 13.2 Å². The summed E-state index contributed by atoms with van der Waals surface area (Å²) in [5.74, 6) is 1.13. The van der Waals surface area contributed by atoms with E-state index in [0.717, 1.165) is 17.4 Å². The molecule has 1 aromatic carbocycles. The van der Waals surface area contributed by atoms with Gasteiger partial charge in [-0.3, -0.25) is 4.79 Å². The van der Waals surface area contributed by atoms with E-state index in [0.29, 0.717) is 65.7 Å². The van der Waals surface area contributed by atoms with Crippen LogP contribution >= 0.6 is 0 Å². The highest BCUT2D eigenvalue weighted by Gasteiger charge is 2.58. The van der Waals surface area contributed by atoms with Gasteiger partial charge >= 0.3 is 0 Å². The Labute approximate surface area is 214 Å². The maximum Gasteiger partial charge on any atom is 0.252 e.